The number of hydrogen-bond acceptors (Lipinski definition) is 3. The summed E-state index contributed by atoms with van der Waals surface area (Å²) in [6.07, 6.45) is 5.29. The molecule has 1 aromatic carbocycles. The van der Waals surface area contributed by atoms with E-state index in [4.69, 9.17) is 17.3 Å². The maximum Gasteiger partial charge on any atom is 0.224 e. The predicted molar refractivity (Wildman–Crippen MR) is 84.0 cm³/mol. The molecule has 1 amide bonds. The van der Waals surface area contributed by atoms with Gasteiger partial charge < -0.3 is 16.0 Å². The number of carbonyl (C=O) groups is 1. The van der Waals surface area contributed by atoms with Gasteiger partial charge in [-0.2, -0.15) is 0 Å². The van der Waals surface area contributed by atoms with Crippen LogP contribution in [0.4, 0.5) is 11.4 Å². The molecule has 0 unspecified atom stereocenters. The Morgan fingerprint density at radius 3 is 2.90 bits per heavy atom. The van der Waals surface area contributed by atoms with E-state index in [1.165, 1.54) is 19.3 Å². The summed E-state index contributed by atoms with van der Waals surface area (Å²) in [5.74, 6) is -0.0130. The number of halogens is 1. The van der Waals surface area contributed by atoms with Gasteiger partial charge in [0.05, 0.1) is 11.4 Å². The fraction of sp³-hybridized carbons (Fsp3) is 0.533. The zero-order chi connectivity index (χ0) is 14.5. The van der Waals surface area contributed by atoms with Gasteiger partial charge in [-0.05, 0) is 51.1 Å². The molecule has 0 saturated heterocycles. The van der Waals surface area contributed by atoms with Crippen molar-refractivity contribution in [2.75, 3.05) is 24.6 Å². The number of nitrogen functional groups attached to an aromatic ring is 1. The monoisotopic (exact) mass is 295 g/mol. The Labute approximate surface area is 125 Å². The van der Waals surface area contributed by atoms with Crippen LogP contribution in [0.25, 0.3) is 0 Å². The molecule has 1 saturated carbocycles. The van der Waals surface area contributed by atoms with E-state index in [1.807, 2.05) is 0 Å². The van der Waals surface area contributed by atoms with E-state index >= 15 is 0 Å². The Bertz CT molecular complexity index is 474. The van der Waals surface area contributed by atoms with E-state index in [9.17, 15) is 4.79 Å². The van der Waals surface area contributed by atoms with E-state index < -0.39 is 0 Å². The molecule has 5 heteroatoms. The number of nitrogens with two attached hydrogens (primary N) is 1. The van der Waals surface area contributed by atoms with Crippen molar-refractivity contribution in [2.45, 2.75) is 38.1 Å². The summed E-state index contributed by atoms with van der Waals surface area (Å²) in [5.41, 5.74) is 6.93. The minimum atomic E-state index is -0.0130. The number of benzene rings is 1. The van der Waals surface area contributed by atoms with Crippen LogP contribution in [-0.2, 0) is 4.79 Å². The predicted octanol–water partition coefficient (Wildman–Crippen LogP) is 3.13. The first-order valence-corrected chi connectivity index (χ1v) is 7.49. The second kappa shape index (κ2) is 6.95. The lowest BCUT2D eigenvalue weighted by Gasteiger charge is -2.34. The summed E-state index contributed by atoms with van der Waals surface area (Å²) in [7, 11) is 2.14. The maximum absolute atomic E-state index is 11.9. The van der Waals surface area contributed by atoms with Gasteiger partial charge in [-0.15, -0.1) is 0 Å². The smallest absolute Gasteiger partial charge is 0.224 e. The molecule has 20 heavy (non-hydrogen) atoms. The summed E-state index contributed by atoms with van der Waals surface area (Å²) >= 11 is 5.89. The normalized spacial score (nSPS) is 15.2. The second-order valence-corrected chi connectivity index (χ2v) is 5.89. The molecule has 110 valence electrons. The highest BCUT2D eigenvalue weighted by atomic mass is 35.5. The molecule has 3 N–H and O–H groups in total. The van der Waals surface area contributed by atoms with E-state index in [0.29, 0.717) is 22.8 Å². The Kier molecular flexibility index (Phi) is 5.26. The number of amides is 1. The molecule has 2 rings (SSSR count). The SMILES string of the molecule is CN(CCCC(=O)Nc1cc(Cl)ccc1N)C1CCC1. The molecule has 0 radical (unpaired) electrons. The van der Waals surface area contributed by atoms with E-state index in [2.05, 4.69) is 17.3 Å². The highest BCUT2D eigenvalue weighted by Gasteiger charge is 2.21. The van der Waals surface area contributed by atoms with Crippen LogP contribution in [0.15, 0.2) is 18.2 Å². The van der Waals surface area contributed by atoms with Gasteiger partial charge in [0, 0.05) is 17.5 Å². The first-order valence-electron chi connectivity index (χ1n) is 7.11. The summed E-state index contributed by atoms with van der Waals surface area (Å²) in [5, 5.41) is 3.38. The van der Waals surface area contributed by atoms with Crippen LogP contribution in [-0.4, -0.2) is 30.4 Å². The van der Waals surface area contributed by atoms with Crippen molar-refractivity contribution in [3.8, 4) is 0 Å². The van der Waals surface area contributed by atoms with Crippen molar-refractivity contribution in [1.82, 2.24) is 4.90 Å². The van der Waals surface area contributed by atoms with Gasteiger partial charge in [-0.25, -0.2) is 0 Å². The van der Waals surface area contributed by atoms with Crippen LogP contribution >= 0.6 is 11.6 Å². The zero-order valence-corrected chi connectivity index (χ0v) is 12.6. The van der Waals surface area contributed by atoms with E-state index in [-0.39, 0.29) is 5.91 Å². The Balaban J connectivity index is 1.73. The van der Waals surface area contributed by atoms with Crippen LogP contribution in [0, 0.1) is 0 Å². The van der Waals surface area contributed by atoms with Gasteiger partial charge in [0.2, 0.25) is 5.91 Å². The van der Waals surface area contributed by atoms with Crippen molar-refractivity contribution in [2.24, 2.45) is 0 Å². The van der Waals surface area contributed by atoms with Crippen LogP contribution in [0.1, 0.15) is 32.1 Å². The first-order chi connectivity index (χ1) is 9.56. The third-order valence-electron chi connectivity index (χ3n) is 3.90. The van der Waals surface area contributed by atoms with Gasteiger partial charge in [0.1, 0.15) is 0 Å². The zero-order valence-electron chi connectivity index (χ0n) is 11.9. The minimum absolute atomic E-state index is 0.0130. The molecule has 0 heterocycles. The molecular formula is C15H22ClN3O. The number of hydrogen-bond donors (Lipinski definition) is 2. The minimum Gasteiger partial charge on any atom is -0.397 e. The fourth-order valence-electron chi connectivity index (χ4n) is 2.35. The van der Waals surface area contributed by atoms with Crippen LogP contribution in [0.3, 0.4) is 0 Å². The van der Waals surface area contributed by atoms with Gasteiger partial charge in [0.25, 0.3) is 0 Å². The van der Waals surface area contributed by atoms with Crippen molar-refractivity contribution in [3.63, 3.8) is 0 Å². The third-order valence-corrected chi connectivity index (χ3v) is 4.14. The van der Waals surface area contributed by atoms with Crippen molar-refractivity contribution in [3.05, 3.63) is 23.2 Å². The van der Waals surface area contributed by atoms with E-state index in [0.717, 1.165) is 19.0 Å². The molecule has 0 aliphatic heterocycles. The summed E-state index contributed by atoms with van der Waals surface area (Å²) < 4.78 is 0. The van der Waals surface area contributed by atoms with Crippen LogP contribution < -0.4 is 11.1 Å². The number of rotatable bonds is 6. The highest BCUT2D eigenvalue weighted by Crippen LogP contribution is 2.24. The molecule has 1 aliphatic carbocycles. The Hall–Kier alpha value is -1.26. The first kappa shape index (κ1) is 15.1. The third kappa shape index (κ3) is 4.12. The second-order valence-electron chi connectivity index (χ2n) is 5.45. The average molecular weight is 296 g/mol. The van der Waals surface area contributed by atoms with Crippen molar-refractivity contribution < 1.29 is 4.79 Å². The van der Waals surface area contributed by atoms with E-state index in [1.54, 1.807) is 18.2 Å². The van der Waals surface area contributed by atoms with Gasteiger partial charge in [0.15, 0.2) is 0 Å². The maximum atomic E-state index is 11.9. The van der Waals surface area contributed by atoms with Gasteiger partial charge >= 0.3 is 0 Å². The number of carbonyl (C=O) groups excluding carboxylic acids is 1. The van der Waals surface area contributed by atoms with Gasteiger partial charge in [-0.1, -0.05) is 18.0 Å². The average Bonchev–Trinajstić information content (AvgIpc) is 2.31. The fourth-order valence-corrected chi connectivity index (χ4v) is 2.52. The molecule has 0 spiro atoms. The molecule has 1 aliphatic rings. The van der Waals surface area contributed by atoms with Gasteiger partial charge in [-0.3, -0.25) is 4.79 Å². The van der Waals surface area contributed by atoms with Crippen LogP contribution in [0.5, 0.6) is 0 Å². The Morgan fingerprint density at radius 2 is 2.25 bits per heavy atom. The summed E-state index contributed by atoms with van der Waals surface area (Å²) in [6.45, 7) is 0.961. The largest absolute Gasteiger partial charge is 0.397 e. The lowest BCUT2D eigenvalue weighted by molar-refractivity contribution is -0.116. The lowest BCUT2D eigenvalue weighted by atomic mass is 9.92. The molecule has 0 aromatic heterocycles. The number of anilines is 2. The van der Waals surface area contributed by atoms with Crippen LogP contribution in [0.2, 0.25) is 5.02 Å². The molecule has 4 nitrogen and oxygen atoms in total. The van der Waals surface area contributed by atoms with Crippen molar-refractivity contribution in [1.29, 1.82) is 0 Å². The molecule has 0 atom stereocenters. The molecular weight excluding hydrogens is 274 g/mol. The number of nitrogens with one attached hydrogen (secondary N) is 1. The topological polar surface area (TPSA) is 58.4 Å². The lowest BCUT2D eigenvalue weighted by Crippen LogP contribution is -2.37. The summed E-state index contributed by atoms with van der Waals surface area (Å²) in [6, 6.07) is 5.80. The van der Waals surface area contributed by atoms with Crippen molar-refractivity contribution >= 4 is 28.9 Å². The standard InChI is InChI=1S/C15H22ClN3O/c1-19(12-4-2-5-12)9-3-6-15(20)18-14-10-11(16)7-8-13(14)17/h7-8,10,12H,2-6,9,17H2,1H3,(H,18,20). The summed E-state index contributed by atoms with van der Waals surface area (Å²) in [4.78, 5) is 14.2. The highest BCUT2D eigenvalue weighted by molar-refractivity contribution is 6.31. The molecule has 0 bridgehead atoms. The quantitative estimate of drug-likeness (QED) is 0.793. The molecule has 1 aromatic rings. The number of nitrogens with zero attached hydrogens (tertiary/aromatic N) is 1. The Morgan fingerprint density at radius 1 is 1.50 bits per heavy atom. The molecule has 1 fully saturated rings.